The molecule has 4 N–H and O–H groups in total. The Hall–Kier alpha value is -1.79. The molecule has 166 valence electrons. The lowest BCUT2D eigenvalue weighted by atomic mass is 9.95. The molecule has 0 saturated heterocycles. The molecule has 1 amide bonds. The molecule has 30 heavy (non-hydrogen) atoms. The third-order valence-electron chi connectivity index (χ3n) is 5.22. The predicted molar refractivity (Wildman–Crippen MR) is 117 cm³/mol. The fourth-order valence-corrected chi connectivity index (χ4v) is 6.47. The SMILES string of the molecule is Cc1c(C)c(C)c(S(=O)(=O)NCCC(=O)NCc2ccc(S(N)(=O)=O)s2)c(C)c1C. The van der Waals surface area contributed by atoms with Gasteiger partial charge in [0, 0.05) is 17.8 Å². The molecule has 0 bridgehead atoms. The molecule has 1 heterocycles. The maximum absolute atomic E-state index is 12.8. The lowest BCUT2D eigenvalue weighted by Gasteiger charge is -2.19. The molecule has 0 radical (unpaired) electrons. The summed E-state index contributed by atoms with van der Waals surface area (Å²) in [6, 6.07) is 2.95. The van der Waals surface area contributed by atoms with Crippen LogP contribution in [-0.2, 0) is 31.4 Å². The van der Waals surface area contributed by atoms with Crippen LogP contribution in [0.1, 0.15) is 39.1 Å². The zero-order valence-corrected chi connectivity index (χ0v) is 20.1. The molecule has 1 aromatic heterocycles. The first-order valence-corrected chi connectivity index (χ1v) is 13.0. The van der Waals surface area contributed by atoms with Gasteiger partial charge in [-0.05, 0) is 74.6 Å². The quantitative estimate of drug-likeness (QED) is 0.538. The van der Waals surface area contributed by atoms with Gasteiger partial charge >= 0.3 is 0 Å². The van der Waals surface area contributed by atoms with Crippen LogP contribution in [0.2, 0.25) is 0 Å². The maximum Gasteiger partial charge on any atom is 0.247 e. The lowest BCUT2D eigenvalue weighted by molar-refractivity contribution is -0.121. The van der Waals surface area contributed by atoms with Crippen LogP contribution in [0.3, 0.4) is 0 Å². The van der Waals surface area contributed by atoms with E-state index in [4.69, 9.17) is 5.14 Å². The minimum Gasteiger partial charge on any atom is -0.351 e. The topological polar surface area (TPSA) is 135 Å². The monoisotopic (exact) mass is 473 g/mol. The van der Waals surface area contributed by atoms with Gasteiger partial charge in [0.05, 0.1) is 11.4 Å². The first-order chi connectivity index (χ1) is 13.8. The molecule has 11 heteroatoms. The molecule has 0 aliphatic carbocycles. The highest BCUT2D eigenvalue weighted by molar-refractivity contribution is 7.91. The zero-order valence-electron chi connectivity index (χ0n) is 17.6. The van der Waals surface area contributed by atoms with Gasteiger partial charge in [-0.15, -0.1) is 11.3 Å². The number of hydrogen-bond acceptors (Lipinski definition) is 6. The average molecular weight is 474 g/mol. The number of hydrogen-bond donors (Lipinski definition) is 3. The lowest BCUT2D eigenvalue weighted by Crippen LogP contribution is -2.31. The number of carbonyl (C=O) groups excluding carboxylic acids is 1. The molecule has 8 nitrogen and oxygen atoms in total. The van der Waals surface area contributed by atoms with Crippen molar-refractivity contribution in [3.8, 4) is 0 Å². The van der Waals surface area contributed by atoms with Crippen LogP contribution in [0.25, 0.3) is 0 Å². The number of primary sulfonamides is 1. The smallest absolute Gasteiger partial charge is 0.247 e. The number of sulfonamides is 2. The van der Waals surface area contributed by atoms with E-state index in [0.717, 1.165) is 28.0 Å². The van der Waals surface area contributed by atoms with E-state index in [2.05, 4.69) is 10.0 Å². The third kappa shape index (κ3) is 5.46. The molecule has 0 saturated carbocycles. The van der Waals surface area contributed by atoms with Gasteiger partial charge in [-0.2, -0.15) is 0 Å². The van der Waals surface area contributed by atoms with Crippen molar-refractivity contribution in [3.05, 3.63) is 44.8 Å². The number of thiophene rings is 1. The molecule has 0 aliphatic heterocycles. The fraction of sp³-hybridized carbons (Fsp3) is 0.421. The Labute approximate surface area is 182 Å². The molecule has 1 aromatic carbocycles. The van der Waals surface area contributed by atoms with Gasteiger partial charge in [0.1, 0.15) is 4.21 Å². The van der Waals surface area contributed by atoms with Gasteiger partial charge in [-0.25, -0.2) is 26.7 Å². The minimum absolute atomic E-state index is 0.0222. The van der Waals surface area contributed by atoms with Crippen LogP contribution in [-0.4, -0.2) is 29.3 Å². The van der Waals surface area contributed by atoms with Gasteiger partial charge in [0.25, 0.3) is 0 Å². The van der Waals surface area contributed by atoms with Gasteiger partial charge in [0.2, 0.25) is 26.0 Å². The van der Waals surface area contributed by atoms with Crippen LogP contribution in [0.5, 0.6) is 0 Å². The summed E-state index contributed by atoms with van der Waals surface area (Å²) in [5.74, 6) is -0.354. The summed E-state index contributed by atoms with van der Waals surface area (Å²) in [5.41, 5.74) is 4.35. The van der Waals surface area contributed by atoms with Crippen molar-refractivity contribution < 1.29 is 21.6 Å². The van der Waals surface area contributed by atoms with Crippen LogP contribution in [0.15, 0.2) is 21.2 Å². The van der Waals surface area contributed by atoms with E-state index in [9.17, 15) is 21.6 Å². The van der Waals surface area contributed by atoms with Gasteiger partial charge in [0.15, 0.2) is 0 Å². The normalized spacial score (nSPS) is 12.2. The molecule has 0 spiro atoms. The van der Waals surface area contributed by atoms with E-state index in [1.54, 1.807) is 19.9 Å². The van der Waals surface area contributed by atoms with Crippen molar-refractivity contribution >= 4 is 37.3 Å². The largest absolute Gasteiger partial charge is 0.351 e. The highest BCUT2D eigenvalue weighted by Gasteiger charge is 2.23. The van der Waals surface area contributed by atoms with E-state index in [1.807, 2.05) is 20.8 Å². The third-order valence-corrected chi connectivity index (χ3v) is 9.48. The molecular formula is C19H27N3O5S3. The Balaban J connectivity index is 1.98. The van der Waals surface area contributed by atoms with Crippen LogP contribution < -0.4 is 15.2 Å². The second-order valence-corrected chi connectivity index (χ2v) is 11.8. The summed E-state index contributed by atoms with van der Waals surface area (Å²) in [4.78, 5) is 12.9. The summed E-state index contributed by atoms with van der Waals surface area (Å²) >= 11 is 0.975. The zero-order chi connectivity index (χ0) is 22.9. The van der Waals surface area contributed by atoms with Crippen molar-refractivity contribution in [2.75, 3.05) is 6.54 Å². The first-order valence-electron chi connectivity index (χ1n) is 9.20. The molecule has 0 aliphatic rings. The summed E-state index contributed by atoms with van der Waals surface area (Å²) < 4.78 is 50.8. The Morgan fingerprint density at radius 2 is 1.47 bits per heavy atom. The molecule has 0 unspecified atom stereocenters. The number of rotatable bonds is 8. The maximum atomic E-state index is 12.8. The highest BCUT2D eigenvalue weighted by atomic mass is 32.2. The number of nitrogens with one attached hydrogen (secondary N) is 2. The summed E-state index contributed by atoms with van der Waals surface area (Å²) in [6.07, 6.45) is -0.0471. The van der Waals surface area contributed by atoms with Crippen LogP contribution >= 0.6 is 11.3 Å². The predicted octanol–water partition coefficient (Wildman–Crippen LogP) is 1.92. The number of nitrogens with two attached hydrogens (primary N) is 1. The Morgan fingerprint density at radius 1 is 0.933 bits per heavy atom. The number of amides is 1. The molecule has 0 atom stereocenters. The second-order valence-electron chi connectivity index (χ2n) is 7.14. The molecule has 2 rings (SSSR count). The fourth-order valence-electron chi connectivity index (χ4n) is 3.12. The number of benzene rings is 1. The van der Waals surface area contributed by atoms with Gasteiger partial charge in [-0.3, -0.25) is 4.79 Å². The molecular weight excluding hydrogens is 446 g/mol. The average Bonchev–Trinajstić information content (AvgIpc) is 3.12. The van der Waals surface area contributed by atoms with E-state index >= 15 is 0 Å². The van der Waals surface area contributed by atoms with Crippen LogP contribution in [0, 0.1) is 34.6 Å². The highest BCUT2D eigenvalue weighted by Crippen LogP contribution is 2.29. The minimum atomic E-state index is -3.77. The van der Waals surface area contributed by atoms with Crippen molar-refractivity contribution in [1.82, 2.24) is 10.0 Å². The Morgan fingerprint density at radius 3 is 1.97 bits per heavy atom. The van der Waals surface area contributed by atoms with Crippen molar-refractivity contribution in [3.63, 3.8) is 0 Å². The Kier molecular flexibility index (Phi) is 7.46. The summed E-state index contributed by atoms with van der Waals surface area (Å²) in [5, 5.41) is 7.70. The second kappa shape index (κ2) is 9.15. The van der Waals surface area contributed by atoms with E-state index in [0.29, 0.717) is 16.0 Å². The summed E-state index contributed by atoms with van der Waals surface area (Å²) in [7, 11) is -7.53. The first kappa shape index (κ1) is 24.5. The Bertz CT molecular complexity index is 1150. The molecule has 2 aromatic rings. The standard InChI is InChI=1S/C19H27N3O5S3/c1-11-12(2)14(4)19(15(5)13(11)3)30(26,27)22-9-8-17(23)21-10-16-6-7-18(28-16)29(20,24)25/h6-7,22H,8-10H2,1-5H3,(H,21,23)(H2,20,24,25). The van der Waals surface area contributed by atoms with E-state index in [-0.39, 0.29) is 34.5 Å². The van der Waals surface area contributed by atoms with Crippen molar-refractivity contribution in [1.29, 1.82) is 0 Å². The van der Waals surface area contributed by atoms with Gasteiger partial charge in [-0.1, -0.05) is 0 Å². The molecule has 0 fully saturated rings. The van der Waals surface area contributed by atoms with E-state index < -0.39 is 20.0 Å². The number of carbonyl (C=O) groups is 1. The van der Waals surface area contributed by atoms with Crippen molar-refractivity contribution in [2.24, 2.45) is 5.14 Å². The van der Waals surface area contributed by atoms with E-state index in [1.165, 1.54) is 6.07 Å². The van der Waals surface area contributed by atoms with Gasteiger partial charge < -0.3 is 5.32 Å². The summed E-state index contributed by atoms with van der Waals surface area (Å²) in [6.45, 7) is 9.43. The van der Waals surface area contributed by atoms with Crippen LogP contribution in [0.4, 0.5) is 0 Å². The van der Waals surface area contributed by atoms with Crippen molar-refractivity contribution in [2.45, 2.75) is 56.7 Å².